The molecule has 5 rings (SSSR count). The van der Waals surface area contributed by atoms with Crippen molar-refractivity contribution in [3.05, 3.63) is 83.1 Å². The van der Waals surface area contributed by atoms with Crippen LogP contribution >= 0.6 is 0 Å². The van der Waals surface area contributed by atoms with Gasteiger partial charge in [0.25, 0.3) is 0 Å². The van der Waals surface area contributed by atoms with Gasteiger partial charge in [0, 0.05) is 25.6 Å². The molecule has 42 heavy (non-hydrogen) atoms. The zero-order chi connectivity index (χ0) is 29.6. The van der Waals surface area contributed by atoms with E-state index in [2.05, 4.69) is 79.9 Å². The van der Waals surface area contributed by atoms with Crippen LogP contribution in [-0.4, -0.2) is 55.1 Å². The molecule has 2 aliphatic rings. The number of benzene rings is 2. The van der Waals surface area contributed by atoms with Gasteiger partial charge >= 0.3 is 0 Å². The van der Waals surface area contributed by atoms with Gasteiger partial charge in [-0.1, -0.05) is 63.2 Å². The second-order valence-electron chi connectivity index (χ2n) is 13.0. The number of oxazole rings is 1. The van der Waals surface area contributed by atoms with Crippen molar-refractivity contribution in [3.8, 4) is 0 Å². The Balaban J connectivity index is 1.41. The Bertz CT molecular complexity index is 1230. The average molecular weight is 575 g/mol. The Morgan fingerprint density at radius 1 is 0.905 bits per heavy atom. The van der Waals surface area contributed by atoms with E-state index in [4.69, 9.17) is 9.40 Å². The zero-order valence-corrected chi connectivity index (χ0v) is 26.4. The summed E-state index contributed by atoms with van der Waals surface area (Å²) < 4.78 is 20.6. The molecule has 6 heteroatoms. The molecule has 2 aromatic carbocycles. The van der Waals surface area contributed by atoms with E-state index in [1.54, 1.807) is 12.1 Å². The van der Waals surface area contributed by atoms with E-state index in [0.29, 0.717) is 23.8 Å². The number of nitrogens with zero attached hydrogens (tertiary/aromatic N) is 4. The van der Waals surface area contributed by atoms with Crippen LogP contribution in [0.15, 0.2) is 59.0 Å². The summed E-state index contributed by atoms with van der Waals surface area (Å²) in [6.07, 6.45) is 7.86. The maximum absolute atomic E-state index is 13.7. The molecule has 0 bridgehead atoms. The standard InChI is InChI=1S/C36H51FN4O/c1-6-40(7-2)34(30-17-15-28(16-18-30)33(39(4)5)29-19-21-31(37)22-20-29)35-38-32(24-27-13-9-8-10-14-27)36(42-35)41-23-11-12-26(3)25-41/h8-10,13-14,19-22,26,28,30,33-34H,6-7,11-12,15-18,23-25H2,1-5H3. The van der Waals surface area contributed by atoms with Gasteiger partial charge in [0.2, 0.25) is 11.8 Å². The van der Waals surface area contributed by atoms with Crippen molar-refractivity contribution in [3.63, 3.8) is 0 Å². The van der Waals surface area contributed by atoms with Crippen molar-refractivity contribution in [2.75, 3.05) is 45.2 Å². The summed E-state index contributed by atoms with van der Waals surface area (Å²) >= 11 is 0. The van der Waals surface area contributed by atoms with Crippen LogP contribution in [0.2, 0.25) is 0 Å². The molecule has 3 aromatic rings. The van der Waals surface area contributed by atoms with Crippen molar-refractivity contribution >= 4 is 5.88 Å². The van der Waals surface area contributed by atoms with E-state index in [1.165, 1.54) is 24.0 Å². The highest BCUT2D eigenvalue weighted by Gasteiger charge is 2.38. The molecule has 228 valence electrons. The molecule has 3 atom stereocenters. The van der Waals surface area contributed by atoms with Gasteiger partial charge in [-0.15, -0.1) is 0 Å². The molecular weight excluding hydrogens is 523 g/mol. The lowest BCUT2D eigenvalue weighted by Gasteiger charge is -2.41. The third-order valence-corrected chi connectivity index (χ3v) is 9.79. The molecule has 2 fully saturated rings. The topological polar surface area (TPSA) is 35.8 Å². The Kier molecular flexibility index (Phi) is 10.4. The van der Waals surface area contributed by atoms with Gasteiger partial charge in [0.1, 0.15) is 11.5 Å². The van der Waals surface area contributed by atoms with Gasteiger partial charge in [0.05, 0.1) is 6.04 Å². The maximum atomic E-state index is 13.7. The van der Waals surface area contributed by atoms with Crippen LogP contribution in [-0.2, 0) is 6.42 Å². The van der Waals surface area contributed by atoms with Crippen LogP contribution in [0.1, 0.15) is 94.1 Å². The predicted octanol–water partition coefficient (Wildman–Crippen LogP) is 8.13. The lowest BCUT2D eigenvalue weighted by atomic mass is 9.73. The number of hydrogen-bond acceptors (Lipinski definition) is 5. The molecule has 3 unspecified atom stereocenters. The first-order valence-electron chi connectivity index (χ1n) is 16.3. The summed E-state index contributed by atoms with van der Waals surface area (Å²) in [5.41, 5.74) is 3.57. The summed E-state index contributed by atoms with van der Waals surface area (Å²) in [7, 11) is 4.31. The second kappa shape index (κ2) is 14.2. The van der Waals surface area contributed by atoms with Crippen LogP contribution in [0.3, 0.4) is 0 Å². The van der Waals surface area contributed by atoms with Crippen LogP contribution in [0.25, 0.3) is 0 Å². The Hall–Kier alpha value is -2.70. The zero-order valence-electron chi connectivity index (χ0n) is 26.4. The van der Waals surface area contributed by atoms with Gasteiger partial charge in [-0.2, -0.15) is 0 Å². The first kappa shape index (κ1) is 30.7. The summed E-state index contributed by atoms with van der Waals surface area (Å²) in [5.74, 6) is 3.44. The van der Waals surface area contributed by atoms with Crippen LogP contribution in [0.4, 0.5) is 10.3 Å². The number of halogens is 1. The Labute approximate surface area is 253 Å². The third kappa shape index (κ3) is 7.08. The molecular formula is C36H51FN4O. The van der Waals surface area contributed by atoms with Crippen molar-refractivity contribution in [2.24, 2.45) is 17.8 Å². The van der Waals surface area contributed by atoms with E-state index < -0.39 is 0 Å². The van der Waals surface area contributed by atoms with Gasteiger partial charge in [-0.05, 0) is 107 Å². The molecule has 1 saturated heterocycles. The van der Waals surface area contributed by atoms with E-state index in [9.17, 15) is 4.39 Å². The minimum atomic E-state index is -0.169. The largest absolute Gasteiger partial charge is 0.423 e. The number of rotatable bonds is 11. The fourth-order valence-corrected chi connectivity index (χ4v) is 7.71. The number of anilines is 1. The SMILES string of the molecule is CCN(CC)C(c1nc(Cc2ccccc2)c(N2CCCC(C)C2)o1)C1CCC(C(c2ccc(F)cc2)N(C)C)CC1. The smallest absolute Gasteiger partial charge is 0.220 e. The van der Waals surface area contributed by atoms with Crippen molar-refractivity contribution < 1.29 is 8.81 Å². The molecule has 1 saturated carbocycles. The summed E-state index contributed by atoms with van der Waals surface area (Å²) in [4.78, 5) is 12.7. The van der Waals surface area contributed by atoms with Gasteiger partial charge < -0.3 is 14.2 Å². The molecule has 2 heterocycles. The highest BCUT2D eigenvalue weighted by molar-refractivity contribution is 5.44. The maximum Gasteiger partial charge on any atom is 0.220 e. The fourth-order valence-electron chi connectivity index (χ4n) is 7.71. The average Bonchev–Trinajstić information content (AvgIpc) is 3.41. The first-order chi connectivity index (χ1) is 20.4. The highest BCUT2D eigenvalue weighted by atomic mass is 19.1. The van der Waals surface area contributed by atoms with Gasteiger partial charge in [-0.3, -0.25) is 4.90 Å². The van der Waals surface area contributed by atoms with Crippen LogP contribution in [0.5, 0.6) is 0 Å². The molecule has 0 N–H and O–H groups in total. The Morgan fingerprint density at radius 3 is 2.14 bits per heavy atom. The lowest BCUT2D eigenvalue weighted by Crippen LogP contribution is -2.37. The third-order valence-electron chi connectivity index (χ3n) is 9.79. The minimum absolute atomic E-state index is 0.169. The summed E-state index contributed by atoms with van der Waals surface area (Å²) in [6, 6.07) is 18.3. The van der Waals surface area contributed by atoms with E-state index in [-0.39, 0.29) is 11.9 Å². The van der Waals surface area contributed by atoms with Crippen molar-refractivity contribution in [2.45, 2.75) is 77.8 Å². The predicted molar refractivity (Wildman–Crippen MR) is 170 cm³/mol. The van der Waals surface area contributed by atoms with E-state index in [0.717, 1.165) is 75.8 Å². The summed E-state index contributed by atoms with van der Waals surface area (Å²) in [6.45, 7) is 10.9. The quantitative estimate of drug-likeness (QED) is 0.231. The molecule has 0 spiro atoms. The second-order valence-corrected chi connectivity index (χ2v) is 13.0. The normalized spacial score (nSPS) is 23.0. The van der Waals surface area contributed by atoms with Gasteiger partial charge in [0.15, 0.2) is 0 Å². The van der Waals surface area contributed by atoms with Crippen LogP contribution in [0, 0.1) is 23.6 Å². The van der Waals surface area contributed by atoms with Gasteiger partial charge in [-0.25, -0.2) is 9.37 Å². The molecule has 1 aromatic heterocycles. The van der Waals surface area contributed by atoms with E-state index in [1.807, 2.05) is 12.1 Å². The molecule has 5 nitrogen and oxygen atoms in total. The first-order valence-corrected chi connectivity index (χ1v) is 16.3. The number of piperidine rings is 1. The molecule has 1 aliphatic heterocycles. The summed E-state index contributed by atoms with van der Waals surface area (Å²) in [5, 5.41) is 0. The lowest BCUT2D eigenvalue weighted by molar-refractivity contribution is 0.0738. The van der Waals surface area contributed by atoms with Crippen LogP contribution < -0.4 is 4.90 Å². The van der Waals surface area contributed by atoms with Crippen molar-refractivity contribution in [1.29, 1.82) is 0 Å². The Morgan fingerprint density at radius 2 is 1.55 bits per heavy atom. The number of hydrogen-bond donors (Lipinski definition) is 0. The molecule has 0 radical (unpaired) electrons. The molecule has 0 amide bonds. The monoisotopic (exact) mass is 574 g/mol. The fraction of sp³-hybridized carbons (Fsp3) is 0.583. The minimum Gasteiger partial charge on any atom is -0.423 e. The van der Waals surface area contributed by atoms with E-state index >= 15 is 0 Å². The molecule has 1 aliphatic carbocycles. The van der Waals surface area contributed by atoms with Crippen molar-refractivity contribution in [1.82, 2.24) is 14.8 Å². The highest BCUT2D eigenvalue weighted by Crippen LogP contribution is 2.45. The number of aromatic nitrogens is 1.